The van der Waals surface area contributed by atoms with E-state index in [9.17, 15) is 13.2 Å². The van der Waals surface area contributed by atoms with Crippen molar-refractivity contribution in [1.29, 1.82) is 0 Å². The van der Waals surface area contributed by atoms with Gasteiger partial charge in [-0.05, 0) is 43.3 Å². The third-order valence-electron chi connectivity index (χ3n) is 4.79. The van der Waals surface area contributed by atoms with E-state index in [1.54, 1.807) is 30.3 Å². The molecule has 7 nitrogen and oxygen atoms in total. The van der Waals surface area contributed by atoms with Crippen LogP contribution in [0.3, 0.4) is 0 Å². The Morgan fingerprint density at radius 3 is 2.36 bits per heavy atom. The molecular weight excluding hydrogens is 464 g/mol. The maximum atomic E-state index is 13.4. The van der Waals surface area contributed by atoms with Gasteiger partial charge in [-0.15, -0.1) is 0 Å². The summed E-state index contributed by atoms with van der Waals surface area (Å²) in [4.78, 5) is 12.9. The molecule has 0 aliphatic carbocycles. The van der Waals surface area contributed by atoms with Crippen molar-refractivity contribution in [3.05, 3.63) is 83.4 Å². The highest BCUT2D eigenvalue weighted by atomic mass is 35.5. The molecule has 0 spiro atoms. The Morgan fingerprint density at radius 2 is 1.70 bits per heavy atom. The van der Waals surface area contributed by atoms with Gasteiger partial charge in [-0.1, -0.05) is 48.0 Å². The zero-order chi connectivity index (χ0) is 23.8. The summed E-state index contributed by atoms with van der Waals surface area (Å²) in [6.07, 6.45) is 0. The topological polar surface area (TPSA) is 84.9 Å². The monoisotopic (exact) mass is 488 g/mol. The summed E-state index contributed by atoms with van der Waals surface area (Å²) in [5, 5.41) is 3.01. The number of hydrogen-bond donors (Lipinski definition) is 1. The smallest absolute Gasteiger partial charge is 0.264 e. The molecule has 3 rings (SSSR count). The van der Waals surface area contributed by atoms with Crippen LogP contribution >= 0.6 is 11.6 Å². The summed E-state index contributed by atoms with van der Waals surface area (Å²) in [5.74, 6) is 0.582. The number of methoxy groups -OCH3 is 1. The Balaban J connectivity index is 1.87. The van der Waals surface area contributed by atoms with Gasteiger partial charge in [0, 0.05) is 12.1 Å². The van der Waals surface area contributed by atoms with Crippen LogP contribution in [0.5, 0.6) is 11.5 Å². The van der Waals surface area contributed by atoms with E-state index in [4.69, 9.17) is 21.1 Å². The Bertz CT molecular complexity index is 1200. The number of hydrogen-bond acceptors (Lipinski definition) is 5. The lowest BCUT2D eigenvalue weighted by Crippen LogP contribution is -2.40. The van der Waals surface area contributed by atoms with E-state index in [2.05, 4.69) is 5.32 Å². The van der Waals surface area contributed by atoms with Crippen molar-refractivity contribution < 1.29 is 22.7 Å². The number of anilines is 1. The molecule has 33 heavy (non-hydrogen) atoms. The second-order valence-electron chi connectivity index (χ2n) is 6.96. The van der Waals surface area contributed by atoms with Crippen LogP contribution in [0, 0.1) is 0 Å². The lowest BCUT2D eigenvalue weighted by atomic mass is 10.2. The fourth-order valence-corrected chi connectivity index (χ4v) is 4.86. The van der Waals surface area contributed by atoms with Gasteiger partial charge in [0.1, 0.15) is 18.0 Å². The summed E-state index contributed by atoms with van der Waals surface area (Å²) < 4.78 is 38.6. The van der Waals surface area contributed by atoms with E-state index < -0.39 is 22.5 Å². The Hall–Kier alpha value is -3.23. The number of para-hydroxylation sites is 1. The summed E-state index contributed by atoms with van der Waals surface area (Å²) in [6.45, 7) is 2.13. The zero-order valence-electron chi connectivity index (χ0n) is 18.3. The minimum atomic E-state index is -4.04. The van der Waals surface area contributed by atoms with Crippen molar-refractivity contribution in [2.45, 2.75) is 18.4 Å². The molecular formula is C24H25ClN2O5S. The average Bonchev–Trinajstić information content (AvgIpc) is 2.82. The standard InChI is InChI=1S/C24H25ClN2O5S/c1-3-32-22-12-8-7-9-18(22)16-26-24(28)17-27(19-13-14-23(31-2)21(25)15-19)33(29,30)20-10-5-4-6-11-20/h4-15H,3,16-17H2,1-2H3,(H,26,28). The van der Waals surface area contributed by atoms with Gasteiger partial charge in [0.25, 0.3) is 10.0 Å². The molecule has 0 fully saturated rings. The second kappa shape index (κ2) is 11.1. The normalized spacial score (nSPS) is 11.0. The Labute approximate surface area is 198 Å². The first kappa shape index (κ1) is 24.4. The van der Waals surface area contributed by atoms with Gasteiger partial charge in [0.15, 0.2) is 0 Å². The van der Waals surface area contributed by atoms with Gasteiger partial charge >= 0.3 is 0 Å². The zero-order valence-corrected chi connectivity index (χ0v) is 19.9. The Kier molecular flexibility index (Phi) is 8.19. The van der Waals surface area contributed by atoms with Crippen LogP contribution in [-0.2, 0) is 21.4 Å². The number of carbonyl (C=O) groups excluding carboxylic acids is 1. The number of rotatable bonds is 10. The van der Waals surface area contributed by atoms with Gasteiger partial charge in [0.2, 0.25) is 5.91 Å². The molecule has 3 aromatic rings. The van der Waals surface area contributed by atoms with Crippen molar-refractivity contribution in [2.75, 3.05) is 24.6 Å². The molecule has 0 aliphatic heterocycles. The fourth-order valence-electron chi connectivity index (χ4n) is 3.17. The summed E-state index contributed by atoms with van der Waals surface area (Å²) >= 11 is 6.23. The van der Waals surface area contributed by atoms with E-state index in [1.807, 2.05) is 31.2 Å². The minimum Gasteiger partial charge on any atom is -0.495 e. The summed E-state index contributed by atoms with van der Waals surface area (Å²) in [5.41, 5.74) is 1.03. The van der Waals surface area contributed by atoms with Crippen LogP contribution in [0.15, 0.2) is 77.7 Å². The van der Waals surface area contributed by atoms with Crippen molar-refractivity contribution in [2.24, 2.45) is 0 Å². The third-order valence-corrected chi connectivity index (χ3v) is 6.87. The van der Waals surface area contributed by atoms with Crippen molar-refractivity contribution >= 4 is 33.2 Å². The average molecular weight is 489 g/mol. The molecule has 0 radical (unpaired) electrons. The number of benzene rings is 3. The highest BCUT2D eigenvalue weighted by Gasteiger charge is 2.27. The molecule has 9 heteroatoms. The van der Waals surface area contributed by atoms with E-state index >= 15 is 0 Å². The maximum Gasteiger partial charge on any atom is 0.264 e. The van der Waals surface area contributed by atoms with E-state index in [0.717, 1.165) is 9.87 Å². The lowest BCUT2D eigenvalue weighted by Gasteiger charge is -2.24. The first-order valence-corrected chi connectivity index (χ1v) is 12.1. The largest absolute Gasteiger partial charge is 0.495 e. The molecule has 0 saturated heterocycles. The van der Waals surface area contributed by atoms with Crippen molar-refractivity contribution in [3.8, 4) is 11.5 Å². The highest BCUT2D eigenvalue weighted by Crippen LogP contribution is 2.31. The van der Waals surface area contributed by atoms with Crippen LogP contribution in [0.25, 0.3) is 0 Å². The van der Waals surface area contributed by atoms with E-state index in [-0.39, 0.29) is 22.2 Å². The number of sulfonamides is 1. The van der Waals surface area contributed by atoms with Crippen LogP contribution in [0.2, 0.25) is 5.02 Å². The third kappa shape index (κ3) is 5.97. The van der Waals surface area contributed by atoms with Gasteiger partial charge in [-0.2, -0.15) is 0 Å². The highest BCUT2D eigenvalue weighted by molar-refractivity contribution is 7.92. The minimum absolute atomic E-state index is 0.0615. The molecule has 0 atom stereocenters. The molecule has 0 unspecified atom stereocenters. The first-order valence-electron chi connectivity index (χ1n) is 10.3. The molecule has 1 N–H and O–H groups in total. The van der Waals surface area contributed by atoms with E-state index in [0.29, 0.717) is 18.1 Å². The molecule has 3 aromatic carbocycles. The molecule has 0 aliphatic rings. The molecule has 0 aromatic heterocycles. The van der Waals surface area contributed by atoms with Crippen LogP contribution in [0.4, 0.5) is 5.69 Å². The van der Waals surface area contributed by atoms with Crippen molar-refractivity contribution in [1.82, 2.24) is 5.32 Å². The Morgan fingerprint density at radius 1 is 1.00 bits per heavy atom. The van der Waals surface area contributed by atoms with Gasteiger partial charge < -0.3 is 14.8 Å². The number of nitrogens with zero attached hydrogens (tertiary/aromatic N) is 1. The number of carbonyl (C=O) groups is 1. The number of ether oxygens (including phenoxy) is 2. The quantitative estimate of drug-likeness (QED) is 0.461. The molecule has 0 heterocycles. The van der Waals surface area contributed by atoms with Gasteiger partial charge in [-0.3, -0.25) is 9.10 Å². The van der Waals surface area contributed by atoms with Crippen LogP contribution in [-0.4, -0.2) is 34.6 Å². The summed E-state index contributed by atoms with van der Waals surface area (Å²) in [7, 11) is -2.57. The fraction of sp³-hybridized carbons (Fsp3) is 0.208. The SMILES string of the molecule is CCOc1ccccc1CNC(=O)CN(c1ccc(OC)c(Cl)c1)S(=O)(=O)c1ccccc1. The maximum absolute atomic E-state index is 13.4. The molecule has 0 saturated carbocycles. The second-order valence-corrected chi connectivity index (χ2v) is 9.23. The van der Waals surface area contributed by atoms with Gasteiger partial charge in [0.05, 0.1) is 29.3 Å². The van der Waals surface area contributed by atoms with Crippen LogP contribution in [0.1, 0.15) is 12.5 Å². The molecule has 1 amide bonds. The predicted molar refractivity (Wildman–Crippen MR) is 128 cm³/mol. The van der Waals surface area contributed by atoms with E-state index in [1.165, 1.54) is 25.3 Å². The number of amides is 1. The molecule has 0 bridgehead atoms. The van der Waals surface area contributed by atoms with Crippen molar-refractivity contribution in [3.63, 3.8) is 0 Å². The number of halogens is 1. The van der Waals surface area contributed by atoms with Gasteiger partial charge in [-0.25, -0.2) is 8.42 Å². The lowest BCUT2D eigenvalue weighted by molar-refractivity contribution is -0.119. The first-order chi connectivity index (χ1) is 15.9. The molecule has 174 valence electrons. The summed E-state index contributed by atoms with van der Waals surface area (Å²) in [6, 6.07) is 19.8. The number of nitrogens with one attached hydrogen (secondary N) is 1. The predicted octanol–water partition coefficient (Wildman–Crippen LogP) is 4.26. The van der Waals surface area contributed by atoms with Crippen LogP contribution < -0.4 is 19.1 Å².